The van der Waals surface area contributed by atoms with Crippen molar-refractivity contribution in [3.63, 3.8) is 0 Å². The summed E-state index contributed by atoms with van der Waals surface area (Å²) < 4.78 is 139. The lowest BCUT2D eigenvalue weighted by Gasteiger charge is -2.30. The molecule has 0 aromatic heterocycles. The molecule has 0 saturated carbocycles. The fourth-order valence-corrected chi connectivity index (χ4v) is 3.58. The zero-order valence-corrected chi connectivity index (χ0v) is 20.0. The van der Waals surface area contributed by atoms with Crippen LogP contribution in [0.25, 0.3) is 0 Å². The summed E-state index contributed by atoms with van der Waals surface area (Å²) in [5, 5.41) is 9.67. The van der Waals surface area contributed by atoms with Crippen LogP contribution in [0.3, 0.4) is 0 Å². The Balaban J connectivity index is 1.97. The van der Waals surface area contributed by atoms with Gasteiger partial charge in [0.15, 0.2) is 6.10 Å². The Kier molecular flexibility index (Phi) is 8.44. The zero-order valence-electron chi connectivity index (χ0n) is 20.0. The van der Waals surface area contributed by atoms with Gasteiger partial charge in [0, 0.05) is 23.9 Å². The number of alkyl halides is 10. The summed E-state index contributed by atoms with van der Waals surface area (Å²) in [5.41, 5.74) is -1.13. The summed E-state index contributed by atoms with van der Waals surface area (Å²) in [6.45, 7) is 0.0189. The molecule has 0 fully saturated rings. The van der Waals surface area contributed by atoms with E-state index in [2.05, 4.69) is 0 Å². The Morgan fingerprint density at radius 1 is 0.769 bits per heavy atom. The number of halogens is 10. The molecule has 1 N–H and O–H groups in total. The van der Waals surface area contributed by atoms with E-state index in [1.54, 1.807) is 31.2 Å². The zero-order chi connectivity index (χ0) is 29.2. The largest absolute Gasteiger partial charge is 0.460 e. The van der Waals surface area contributed by atoms with Gasteiger partial charge in [0.1, 0.15) is 11.5 Å². The molecule has 0 aliphatic heterocycles. The molecular formula is C26H21F10NO2. The molecule has 0 bridgehead atoms. The highest BCUT2D eigenvalue weighted by atomic mass is 19.4. The number of benzene rings is 3. The first-order chi connectivity index (χ1) is 17.9. The Bertz CT molecular complexity index is 1270. The van der Waals surface area contributed by atoms with Crippen molar-refractivity contribution < 1.29 is 53.7 Å². The minimum atomic E-state index is -6.56. The molecule has 0 aliphatic carbocycles. The van der Waals surface area contributed by atoms with Gasteiger partial charge in [-0.25, -0.2) is 0 Å². The maximum atomic E-state index is 14.2. The highest BCUT2D eigenvalue weighted by Gasteiger charge is 2.73. The maximum Gasteiger partial charge on any atom is 0.460 e. The third-order valence-electron chi connectivity index (χ3n) is 5.59. The van der Waals surface area contributed by atoms with Crippen molar-refractivity contribution in [3.05, 3.63) is 89.5 Å². The summed E-state index contributed by atoms with van der Waals surface area (Å²) in [6, 6.07) is 14.8. The molecule has 0 aliphatic rings. The van der Waals surface area contributed by atoms with Gasteiger partial charge < -0.3 is 14.7 Å². The lowest BCUT2D eigenvalue weighted by atomic mass is 9.99. The van der Waals surface area contributed by atoms with E-state index in [0.29, 0.717) is 17.9 Å². The number of anilines is 1. The van der Waals surface area contributed by atoms with E-state index in [9.17, 15) is 49.0 Å². The van der Waals surface area contributed by atoms with E-state index in [4.69, 9.17) is 4.74 Å². The predicted molar refractivity (Wildman–Crippen MR) is 122 cm³/mol. The average Bonchev–Trinajstić information content (AvgIpc) is 2.82. The van der Waals surface area contributed by atoms with Gasteiger partial charge in [0.25, 0.3) is 0 Å². The molecule has 0 radical (unpaired) electrons. The fourth-order valence-electron chi connectivity index (χ4n) is 3.58. The number of hydrogen-bond acceptors (Lipinski definition) is 3. The predicted octanol–water partition coefficient (Wildman–Crippen LogP) is 8.01. The van der Waals surface area contributed by atoms with Gasteiger partial charge in [-0.05, 0) is 48.4 Å². The highest BCUT2D eigenvalue weighted by molar-refractivity contribution is 5.52. The number of aliphatic hydroxyl groups excluding tert-OH is 1. The van der Waals surface area contributed by atoms with Gasteiger partial charge >= 0.3 is 24.2 Å². The van der Waals surface area contributed by atoms with E-state index in [0.717, 1.165) is 22.6 Å². The van der Waals surface area contributed by atoms with Gasteiger partial charge in [-0.2, -0.15) is 43.9 Å². The van der Waals surface area contributed by atoms with Crippen molar-refractivity contribution in [1.82, 2.24) is 0 Å². The molecule has 0 spiro atoms. The van der Waals surface area contributed by atoms with Crippen LogP contribution in [0.5, 0.6) is 11.5 Å². The molecule has 3 nitrogen and oxygen atoms in total. The van der Waals surface area contributed by atoms with E-state index in [1.807, 2.05) is 0 Å². The van der Waals surface area contributed by atoms with Crippen molar-refractivity contribution in [2.75, 3.05) is 11.4 Å². The van der Waals surface area contributed by atoms with Gasteiger partial charge in [-0.15, -0.1) is 0 Å². The van der Waals surface area contributed by atoms with E-state index in [-0.39, 0.29) is 17.0 Å². The monoisotopic (exact) mass is 569 g/mol. The molecule has 39 heavy (non-hydrogen) atoms. The van der Waals surface area contributed by atoms with Crippen LogP contribution in [0.4, 0.5) is 49.6 Å². The van der Waals surface area contributed by atoms with Crippen molar-refractivity contribution in [2.24, 2.45) is 0 Å². The van der Waals surface area contributed by atoms with Gasteiger partial charge in [-0.1, -0.05) is 36.4 Å². The molecular weight excluding hydrogens is 548 g/mol. The van der Waals surface area contributed by atoms with Gasteiger partial charge in [-0.3, -0.25) is 0 Å². The fraction of sp³-hybridized carbons (Fsp3) is 0.308. The van der Waals surface area contributed by atoms with Crippen LogP contribution in [0.15, 0.2) is 72.8 Å². The third kappa shape index (κ3) is 6.94. The third-order valence-corrected chi connectivity index (χ3v) is 5.59. The quantitative estimate of drug-likeness (QED) is 0.265. The molecule has 212 valence electrons. The molecule has 3 rings (SSSR count). The number of hydrogen-bond donors (Lipinski definition) is 1. The first kappa shape index (κ1) is 30.1. The minimum Gasteiger partial charge on any atom is -0.457 e. The second kappa shape index (κ2) is 10.9. The summed E-state index contributed by atoms with van der Waals surface area (Å²) in [4.78, 5) is 0.903. The Hall–Kier alpha value is -3.48. The summed E-state index contributed by atoms with van der Waals surface area (Å²) in [6.07, 6.45) is -14.5. The molecule has 13 heteroatoms. The number of ether oxygens (including phenoxy) is 1. The van der Waals surface area contributed by atoms with Crippen LogP contribution in [0.1, 0.15) is 16.7 Å². The van der Waals surface area contributed by atoms with Crippen LogP contribution in [0.2, 0.25) is 0 Å². The number of nitrogens with zero attached hydrogens (tertiary/aromatic N) is 1. The SMILES string of the molecule is Cc1cccc(Oc2cccc(N(Cc3cccc(C(F)(F)C(F)(F)C(F)(F)F)c3)C[C@@H](O)C(F)(F)F)c2)c1. The second-order valence-electron chi connectivity index (χ2n) is 8.70. The molecule has 1 atom stereocenters. The number of rotatable bonds is 9. The average molecular weight is 569 g/mol. The molecule has 0 unspecified atom stereocenters. The van der Waals surface area contributed by atoms with Crippen molar-refractivity contribution in [1.29, 1.82) is 0 Å². The first-order valence-electron chi connectivity index (χ1n) is 11.2. The maximum absolute atomic E-state index is 14.2. The normalized spacial score (nSPS) is 13.7. The standard InChI is InChI=1S/C26H21F10NO2/c1-16-5-2-9-20(11-16)39-21-10-4-8-19(13-21)37(15-22(38)24(29,30)31)14-17-6-3-7-18(12-17)23(27,28)25(32,33)26(34,35)36/h2-13,22,38H,14-15H2,1H3/t22-/m1/s1. The summed E-state index contributed by atoms with van der Waals surface area (Å²) in [5.74, 6) is -11.5. The second-order valence-corrected chi connectivity index (χ2v) is 8.70. The van der Waals surface area contributed by atoms with Crippen LogP contribution in [-0.4, -0.2) is 36.0 Å². The lowest BCUT2D eigenvalue weighted by Crippen LogP contribution is -2.50. The molecule has 3 aromatic rings. The first-order valence-corrected chi connectivity index (χ1v) is 11.2. The van der Waals surface area contributed by atoms with E-state index >= 15 is 0 Å². The van der Waals surface area contributed by atoms with Crippen molar-refractivity contribution in [3.8, 4) is 11.5 Å². The molecule has 0 saturated heterocycles. The summed E-state index contributed by atoms with van der Waals surface area (Å²) >= 11 is 0. The molecule has 0 amide bonds. The number of aryl methyl sites for hydroxylation is 1. The van der Waals surface area contributed by atoms with Crippen LogP contribution in [0, 0.1) is 6.92 Å². The lowest BCUT2D eigenvalue weighted by molar-refractivity contribution is -0.359. The van der Waals surface area contributed by atoms with E-state index < -0.39 is 49.0 Å². The van der Waals surface area contributed by atoms with Gasteiger partial charge in [0.2, 0.25) is 0 Å². The van der Waals surface area contributed by atoms with E-state index in [1.165, 1.54) is 24.3 Å². The number of aliphatic hydroxyl groups is 1. The van der Waals surface area contributed by atoms with Crippen LogP contribution >= 0.6 is 0 Å². The topological polar surface area (TPSA) is 32.7 Å². The van der Waals surface area contributed by atoms with Gasteiger partial charge in [0.05, 0.1) is 6.54 Å². The Labute approximate surface area is 216 Å². The smallest absolute Gasteiger partial charge is 0.457 e. The minimum absolute atomic E-state index is 0.0150. The van der Waals surface area contributed by atoms with Crippen molar-refractivity contribution >= 4 is 5.69 Å². The van der Waals surface area contributed by atoms with Crippen LogP contribution < -0.4 is 9.64 Å². The summed E-state index contributed by atoms with van der Waals surface area (Å²) in [7, 11) is 0. The Morgan fingerprint density at radius 3 is 1.95 bits per heavy atom. The molecule has 3 aromatic carbocycles. The Morgan fingerprint density at radius 2 is 1.36 bits per heavy atom. The van der Waals surface area contributed by atoms with Crippen molar-refractivity contribution in [2.45, 2.75) is 43.8 Å². The van der Waals surface area contributed by atoms with Crippen LogP contribution in [-0.2, 0) is 12.5 Å². The molecule has 0 heterocycles. The highest BCUT2D eigenvalue weighted by Crippen LogP contribution is 2.51.